The van der Waals surface area contributed by atoms with Crippen LogP contribution < -0.4 is 5.32 Å². The standard InChI is InChI=1S/C15H15N3S/c1-10-7-15(13-5-3-4-6-14(13)18-10)17-9-12-8-16-11(2)19-12/h3-8H,9H2,1-2H3,(H,17,18). The van der Waals surface area contributed by atoms with Gasteiger partial charge in [0, 0.05) is 27.8 Å². The second-order valence-corrected chi connectivity index (χ2v) is 5.85. The minimum Gasteiger partial charge on any atom is -0.379 e. The number of fused-ring (bicyclic) bond motifs is 1. The summed E-state index contributed by atoms with van der Waals surface area (Å²) in [4.78, 5) is 10.1. The van der Waals surface area contributed by atoms with E-state index in [2.05, 4.69) is 27.4 Å². The summed E-state index contributed by atoms with van der Waals surface area (Å²) in [5.41, 5.74) is 3.20. The van der Waals surface area contributed by atoms with Gasteiger partial charge in [-0.05, 0) is 26.0 Å². The first kappa shape index (κ1) is 12.1. The van der Waals surface area contributed by atoms with Gasteiger partial charge in [0.05, 0.1) is 17.1 Å². The smallest absolute Gasteiger partial charge is 0.0897 e. The zero-order chi connectivity index (χ0) is 13.2. The number of pyridine rings is 1. The van der Waals surface area contributed by atoms with Crippen LogP contribution in [0.5, 0.6) is 0 Å². The summed E-state index contributed by atoms with van der Waals surface area (Å²) in [7, 11) is 0. The highest BCUT2D eigenvalue weighted by Crippen LogP contribution is 2.24. The Morgan fingerprint density at radius 2 is 2.05 bits per heavy atom. The second-order valence-electron chi connectivity index (χ2n) is 4.53. The average Bonchev–Trinajstić information content (AvgIpc) is 2.81. The molecule has 4 heteroatoms. The number of para-hydroxylation sites is 1. The van der Waals surface area contributed by atoms with E-state index in [1.54, 1.807) is 11.3 Å². The highest BCUT2D eigenvalue weighted by atomic mass is 32.1. The third-order valence-corrected chi connectivity index (χ3v) is 3.88. The molecule has 0 saturated carbocycles. The molecule has 3 rings (SSSR count). The Kier molecular flexibility index (Phi) is 3.17. The number of benzene rings is 1. The Morgan fingerprint density at radius 3 is 2.84 bits per heavy atom. The Hall–Kier alpha value is -1.94. The number of rotatable bonds is 3. The molecule has 96 valence electrons. The Labute approximate surface area is 116 Å². The second kappa shape index (κ2) is 4.97. The molecule has 19 heavy (non-hydrogen) atoms. The van der Waals surface area contributed by atoms with Crippen molar-refractivity contribution in [1.29, 1.82) is 0 Å². The molecule has 0 fully saturated rings. The fourth-order valence-electron chi connectivity index (χ4n) is 2.12. The SMILES string of the molecule is Cc1cc(NCc2cnc(C)s2)c2ccccc2n1. The van der Waals surface area contributed by atoms with Gasteiger partial charge in [0.2, 0.25) is 0 Å². The molecule has 0 saturated heterocycles. The highest BCUT2D eigenvalue weighted by Gasteiger charge is 2.04. The summed E-state index contributed by atoms with van der Waals surface area (Å²) >= 11 is 1.73. The molecule has 1 aromatic carbocycles. The van der Waals surface area contributed by atoms with E-state index in [1.807, 2.05) is 38.2 Å². The van der Waals surface area contributed by atoms with Crippen LogP contribution in [0.15, 0.2) is 36.5 Å². The Bertz CT molecular complexity index is 718. The number of anilines is 1. The molecule has 0 spiro atoms. The summed E-state index contributed by atoms with van der Waals surface area (Å²) in [5.74, 6) is 0. The van der Waals surface area contributed by atoms with Gasteiger partial charge < -0.3 is 5.32 Å². The van der Waals surface area contributed by atoms with E-state index in [4.69, 9.17) is 0 Å². The van der Waals surface area contributed by atoms with Gasteiger partial charge in [-0.1, -0.05) is 18.2 Å². The molecule has 3 aromatic rings. The van der Waals surface area contributed by atoms with Gasteiger partial charge in [0.1, 0.15) is 0 Å². The molecule has 0 bridgehead atoms. The lowest BCUT2D eigenvalue weighted by Gasteiger charge is -2.09. The van der Waals surface area contributed by atoms with Crippen molar-refractivity contribution in [3.63, 3.8) is 0 Å². The van der Waals surface area contributed by atoms with E-state index < -0.39 is 0 Å². The maximum Gasteiger partial charge on any atom is 0.0897 e. The first-order chi connectivity index (χ1) is 9.22. The van der Waals surface area contributed by atoms with Crippen molar-refractivity contribution in [1.82, 2.24) is 9.97 Å². The molecule has 0 aliphatic carbocycles. The molecule has 3 nitrogen and oxygen atoms in total. The van der Waals surface area contributed by atoms with Gasteiger partial charge >= 0.3 is 0 Å². The zero-order valence-corrected chi connectivity index (χ0v) is 11.8. The maximum atomic E-state index is 4.55. The van der Waals surface area contributed by atoms with E-state index in [1.165, 1.54) is 4.88 Å². The van der Waals surface area contributed by atoms with Gasteiger partial charge in [-0.2, -0.15) is 0 Å². The van der Waals surface area contributed by atoms with Crippen LogP contribution in [-0.2, 0) is 6.54 Å². The lowest BCUT2D eigenvalue weighted by atomic mass is 10.1. The van der Waals surface area contributed by atoms with Gasteiger partial charge in [-0.25, -0.2) is 4.98 Å². The van der Waals surface area contributed by atoms with Gasteiger partial charge in [-0.15, -0.1) is 11.3 Å². The van der Waals surface area contributed by atoms with Gasteiger partial charge in [-0.3, -0.25) is 4.98 Å². The van der Waals surface area contributed by atoms with Gasteiger partial charge in [0.15, 0.2) is 0 Å². The number of aromatic nitrogens is 2. The van der Waals surface area contributed by atoms with Gasteiger partial charge in [0.25, 0.3) is 0 Å². The van der Waals surface area contributed by atoms with Crippen molar-refractivity contribution >= 4 is 27.9 Å². The van der Waals surface area contributed by atoms with Crippen molar-refractivity contribution in [2.75, 3.05) is 5.32 Å². The lowest BCUT2D eigenvalue weighted by molar-refractivity contribution is 1.16. The normalized spacial score (nSPS) is 10.8. The van der Waals surface area contributed by atoms with Crippen molar-refractivity contribution in [3.05, 3.63) is 52.1 Å². The highest BCUT2D eigenvalue weighted by molar-refractivity contribution is 7.11. The molecule has 0 amide bonds. The van der Waals surface area contributed by atoms with Crippen LogP contribution in [0.1, 0.15) is 15.6 Å². The number of hydrogen-bond donors (Lipinski definition) is 1. The molecule has 0 aliphatic rings. The predicted molar refractivity (Wildman–Crippen MR) is 80.7 cm³/mol. The first-order valence-electron chi connectivity index (χ1n) is 6.24. The molecule has 0 aliphatic heterocycles. The molecule has 0 unspecified atom stereocenters. The molecule has 2 aromatic heterocycles. The first-order valence-corrected chi connectivity index (χ1v) is 7.05. The van der Waals surface area contributed by atoms with Crippen molar-refractivity contribution in [2.24, 2.45) is 0 Å². The van der Waals surface area contributed by atoms with Crippen LogP contribution in [0.3, 0.4) is 0 Å². The third kappa shape index (κ3) is 2.58. The summed E-state index contributed by atoms with van der Waals surface area (Å²) in [6.45, 7) is 4.85. The van der Waals surface area contributed by atoms with Crippen LogP contribution in [0.4, 0.5) is 5.69 Å². The predicted octanol–water partition coefficient (Wildman–Crippen LogP) is 3.92. The van der Waals surface area contributed by atoms with Crippen LogP contribution in [0.25, 0.3) is 10.9 Å². The topological polar surface area (TPSA) is 37.8 Å². The van der Waals surface area contributed by atoms with Crippen LogP contribution in [0.2, 0.25) is 0 Å². The van der Waals surface area contributed by atoms with Crippen molar-refractivity contribution < 1.29 is 0 Å². The minimum atomic E-state index is 0.805. The van der Waals surface area contributed by atoms with E-state index in [0.29, 0.717) is 0 Å². The fourth-order valence-corrected chi connectivity index (χ4v) is 2.86. The van der Waals surface area contributed by atoms with Crippen molar-refractivity contribution in [3.8, 4) is 0 Å². The molecule has 1 N–H and O–H groups in total. The average molecular weight is 269 g/mol. The lowest BCUT2D eigenvalue weighted by Crippen LogP contribution is -1.99. The van der Waals surface area contributed by atoms with Crippen LogP contribution >= 0.6 is 11.3 Å². The van der Waals surface area contributed by atoms with E-state index in [0.717, 1.165) is 33.8 Å². The minimum absolute atomic E-state index is 0.805. The summed E-state index contributed by atoms with van der Waals surface area (Å²) < 4.78 is 0. The fraction of sp³-hybridized carbons (Fsp3) is 0.200. The van der Waals surface area contributed by atoms with E-state index >= 15 is 0 Å². The van der Waals surface area contributed by atoms with E-state index in [-0.39, 0.29) is 0 Å². The third-order valence-electron chi connectivity index (χ3n) is 2.97. The number of nitrogens with zero attached hydrogens (tertiary/aromatic N) is 2. The summed E-state index contributed by atoms with van der Waals surface area (Å²) in [6.07, 6.45) is 1.93. The Balaban J connectivity index is 1.91. The summed E-state index contributed by atoms with van der Waals surface area (Å²) in [5, 5.41) is 5.75. The maximum absolute atomic E-state index is 4.55. The molecule has 0 radical (unpaired) electrons. The largest absolute Gasteiger partial charge is 0.379 e. The van der Waals surface area contributed by atoms with Crippen LogP contribution in [0, 0.1) is 13.8 Å². The number of thiazole rings is 1. The van der Waals surface area contributed by atoms with Crippen molar-refractivity contribution in [2.45, 2.75) is 20.4 Å². The number of hydrogen-bond acceptors (Lipinski definition) is 4. The zero-order valence-electron chi connectivity index (χ0n) is 11.0. The summed E-state index contributed by atoms with van der Waals surface area (Å²) in [6, 6.07) is 10.3. The monoisotopic (exact) mass is 269 g/mol. The quantitative estimate of drug-likeness (QED) is 0.783. The number of aryl methyl sites for hydroxylation is 2. The number of nitrogens with one attached hydrogen (secondary N) is 1. The molecular formula is C15H15N3S. The van der Waals surface area contributed by atoms with Crippen LogP contribution in [-0.4, -0.2) is 9.97 Å². The van der Waals surface area contributed by atoms with E-state index in [9.17, 15) is 0 Å². The molecule has 0 atom stereocenters. The Morgan fingerprint density at radius 1 is 1.21 bits per heavy atom. The molecular weight excluding hydrogens is 254 g/mol. The molecule has 2 heterocycles.